The van der Waals surface area contributed by atoms with Gasteiger partial charge in [-0.25, -0.2) is 0 Å². The number of hydrogen-bond acceptors (Lipinski definition) is 5. The number of carbonyl (C=O) groups is 2. The molecule has 2 rings (SSSR count). The third kappa shape index (κ3) is 4.17. The van der Waals surface area contributed by atoms with Crippen LogP contribution in [-0.4, -0.2) is 29.5 Å². The van der Waals surface area contributed by atoms with Crippen molar-refractivity contribution in [3.8, 4) is 0 Å². The number of amides is 1. The zero-order valence-corrected chi connectivity index (χ0v) is 13.3. The lowest BCUT2D eigenvalue weighted by atomic mass is 10.1. The molecule has 2 aromatic rings. The van der Waals surface area contributed by atoms with Crippen molar-refractivity contribution in [1.29, 1.82) is 0 Å². The Morgan fingerprint density at radius 2 is 2.23 bits per heavy atom. The predicted molar refractivity (Wildman–Crippen MR) is 84.2 cm³/mol. The molecule has 0 aliphatic carbocycles. The summed E-state index contributed by atoms with van der Waals surface area (Å²) in [4.78, 5) is 26.6. The molecule has 0 unspecified atom stereocenters. The van der Waals surface area contributed by atoms with Gasteiger partial charge in [-0.2, -0.15) is 0 Å². The molecule has 1 amide bonds. The molecule has 0 fully saturated rings. The number of oxazole rings is 1. The fourth-order valence-electron chi connectivity index (χ4n) is 2.03. The highest BCUT2D eigenvalue weighted by Gasteiger charge is 2.13. The molecular formula is C15H18N2O4S. The summed E-state index contributed by atoms with van der Waals surface area (Å²) < 4.78 is 10.1. The quantitative estimate of drug-likeness (QED) is 0.631. The van der Waals surface area contributed by atoms with E-state index in [4.69, 9.17) is 21.4 Å². The SMILES string of the molecule is CCOC(=O)CC[C@H](C)NC(=O)c1ccc2[nH]c(=S)oc2c1. The van der Waals surface area contributed by atoms with Crippen LogP contribution in [0, 0.1) is 4.84 Å². The Hall–Kier alpha value is -2.15. The smallest absolute Gasteiger partial charge is 0.305 e. The minimum atomic E-state index is -0.255. The van der Waals surface area contributed by atoms with E-state index in [-0.39, 0.29) is 29.2 Å². The van der Waals surface area contributed by atoms with Crippen molar-refractivity contribution < 1.29 is 18.7 Å². The third-order valence-corrected chi connectivity index (χ3v) is 3.33. The van der Waals surface area contributed by atoms with E-state index in [0.717, 1.165) is 5.52 Å². The topological polar surface area (TPSA) is 84.3 Å². The summed E-state index contributed by atoms with van der Waals surface area (Å²) in [6, 6.07) is 4.93. The molecule has 2 N–H and O–H groups in total. The average molecular weight is 322 g/mol. The zero-order valence-electron chi connectivity index (χ0n) is 12.5. The maximum atomic E-state index is 12.2. The number of nitrogens with one attached hydrogen (secondary N) is 2. The van der Waals surface area contributed by atoms with E-state index < -0.39 is 0 Å². The predicted octanol–water partition coefficient (Wildman–Crippen LogP) is 2.95. The Balaban J connectivity index is 1.95. The fraction of sp³-hybridized carbons (Fsp3) is 0.400. The van der Waals surface area contributed by atoms with E-state index in [9.17, 15) is 9.59 Å². The van der Waals surface area contributed by atoms with E-state index in [0.29, 0.717) is 24.2 Å². The first-order chi connectivity index (χ1) is 10.5. The van der Waals surface area contributed by atoms with Crippen LogP contribution in [0.15, 0.2) is 22.6 Å². The van der Waals surface area contributed by atoms with Crippen LogP contribution < -0.4 is 5.32 Å². The molecular weight excluding hydrogens is 304 g/mol. The van der Waals surface area contributed by atoms with Gasteiger partial charge in [0.15, 0.2) is 5.58 Å². The van der Waals surface area contributed by atoms with Crippen LogP contribution >= 0.6 is 12.2 Å². The largest absolute Gasteiger partial charge is 0.466 e. The summed E-state index contributed by atoms with van der Waals surface area (Å²) in [6.45, 7) is 3.97. The number of benzene rings is 1. The van der Waals surface area contributed by atoms with Crippen molar-refractivity contribution in [2.75, 3.05) is 6.61 Å². The molecule has 0 radical (unpaired) electrons. The van der Waals surface area contributed by atoms with Crippen molar-refractivity contribution in [2.45, 2.75) is 32.7 Å². The number of fused-ring (bicyclic) bond motifs is 1. The summed E-state index contributed by atoms with van der Waals surface area (Å²) in [5.41, 5.74) is 1.77. The average Bonchev–Trinajstić information content (AvgIpc) is 2.84. The molecule has 22 heavy (non-hydrogen) atoms. The van der Waals surface area contributed by atoms with Gasteiger partial charge in [0.25, 0.3) is 10.7 Å². The molecule has 1 aromatic carbocycles. The minimum Gasteiger partial charge on any atom is -0.466 e. The van der Waals surface area contributed by atoms with E-state index in [2.05, 4.69) is 10.3 Å². The number of esters is 1. The first-order valence-corrected chi connectivity index (χ1v) is 7.49. The van der Waals surface area contributed by atoms with Gasteiger partial charge in [-0.05, 0) is 50.7 Å². The van der Waals surface area contributed by atoms with E-state index in [1.54, 1.807) is 25.1 Å². The zero-order chi connectivity index (χ0) is 16.1. The van der Waals surface area contributed by atoms with Gasteiger partial charge in [0.2, 0.25) is 0 Å². The molecule has 0 aliphatic heterocycles. The molecule has 0 bridgehead atoms. The maximum absolute atomic E-state index is 12.2. The molecule has 1 aromatic heterocycles. The minimum absolute atomic E-state index is 0.134. The molecule has 6 nitrogen and oxygen atoms in total. The van der Waals surface area contributed by atoms with Crippen LogP contribution in [0.3, 0.4) is 0 Å². The Morgan fingerprint density at radius 3 is 2.95 bits per heavy atom. The summed E-state index contributed by atoms with van der Waals surface area (Å²) in [5, 5.41) is 2.84. The van der Waals surface area contributed by atoms with Crippen molar-refractivity contribution >= 4 is 35.2 Å². The molecule has 118 valence electrons. The van der Waals surface area contributed by atoms with Gasteiger partial charge < -0.3 is 19.5 Å². The summed E-state index contributed by atoms with van der Waals surface area (Å²) in [7, 11) is 0. The first kappa shape index (κ1) is 16.2. The Labute approximate surface area is 132 Å². The summed E-state index contributed by atoms with van der Waals surface area (Å²) in [5.74, 6) is -0.477. The van der Waals surface area contributed by atoms with Crippen molar-refractivity contribution in [3.05, 3.63) is 28.6 Å². The van der Waals surface area contributed by atoms with Gasteiger partial charge in [-0.15, -0.1) is 0 Å². The monoisotopic (exact) mass is 322 g/mol. The molecule has 0 saturated carbocycles. The number of ether oxygens (including phenoxy) is 1. The maximum Gasteiger partial charge on any atom is 0.305 e. The van der Waals surface area contributed by atoms with E-state index in [1.165, 1.54) is 0 Å². The highest BCUT2D eigenvalue weighted by molar-refractivity contribution is 7.71. The van der Waals surface area contributed by atoms with Gasteiger partial charge in [0, 0.05) is 18.0 Å². The van der Waals surface area contributed by atoms with Gasteiger partial charge in [-0.3, -0.25) is 9.59 Å². The second-order valence-electron chi connectivity index (χ2n) is 4.94. The van der Waals surface area contributed by atoms with E-state index >= 15 is 0 Å². The normalized spacial score (nSPS) is 12.1. The van der Waals surface area contributed by atoms with Gasteiger partial charge >= 0.3 is 5.97 Å². The second-order valence-corrected chi connectivity index (χ2v) is 5.31. The van der Waals surface area contributed by atoms with Crippen LogP contribution in [0.4, 0.5) is 0 Å². The van der Waals surface area contributed by atoms with Crippen LogP contribution in [0.1, 0.15) is 37.0 Å². The Kier molecular flexibility index (Phi) is 5.32. The molecule has 0 aliphatic rings. The van der Waals surface area contributed by atoms with E-state index in [1.807, 2.05) is 6.92 Å². The van der Waals surface area contributed by atoms with Crippen molar-refractivity contribution in [1.82, 2.24) is 10.3 Å². The Morgan fingerprint density at radius 1 is 1.45 bits per heavy atom. The van der Waals surface area contributed by atoms with Crippen molar-refractivity contribution in [2.24, 2.45) is 0 Å². The standard InChI is InChI=1S/C15H18N2O4S/c1-3-20-13(18)7-4-9(2)16-14(19)10-5-6-11-12(8-10)21-15(22)17-11/h5-6,8-9H,3-4,7H2,1-2H3,(H,16,19)(H,17,22)/t9-/m0/s1. The van der Waals surface area contributed by atoms with Gasteiger partial charge in [0.05, 0.1) is 12.1 Å². The van der Waals surface area contributed by atoms with Crippen LogP contribution in [-0.2, 0) is 9.53 Å². The lowest BCUT2D eigenvalue weighted by Gasteiger charge is -2.13. The number of rotatable bonds is 6. The Bertz CT molecular complexity index is 734. The summed E-state index contributed by atoms with van der Waals surface area (Å²) in [6.07, 6.45) is 0.804. The fourth-order valence-corrected chi connectivity index (χ4v) is 2.23. The van der Waals surface area contributed by atoms with Crippen LogP contribution in [0.5, 0.6) is 0 Å². The van der Waals surface area contributed by atoms with Crippen LogP contribution in [0.25, 0.3) is 11.1 Å². The number of aromatic nitrogens is 1. The van der Waals surface area contributed by atoms with Gasteiger partial charge in [-0.1, -0.05) is 0 Å². The summed E-state index contributed by atoms with van der Waals surface area (Å²) >= 11 is 4.91. The highest BCUT2D eigenvalue weighted by Crippen LogP contribution is 2.15. The molecule has 1 heterocycles. The molecule has 7 heteroatoms. The molecule has 1 atom stereocenters. The lowest BCUT2D eigenvalue weighted by molar-refractivity contribution is -0.143. The van der Waals surface area contributed by atoms with Crippen LogP contribution in [0.2, 0.25) is 0 Å². The number of hydrogen-bond donors (Lipinski definition) is 2. The molecule has 0 spiro atoms. The third-order valence-electron chi connectivity index (χ3n) is 3.15. The number of aromatic amines is 1. The molecule has 0 saturated heterocycles. The number of H-pyrrole nitrogens is 1. The highest BCUT2D eigenvalue weighted by atomic mass is 32.1. The number of carbonyl (C=O) groups excluding carboxylic acids is 2. The van der Waals surface area contributed by atoms with Crippen molar-refractivity contribution in [3.63, 3.8) is 0 Å². The van der Waals surface area contributed by atoms with Gasteiger partial charge in [0.1, 0.15) is 0 Å². The first-order valence-electron chi connectivity index (χ1n) is 7.09. The second kappa shape index (κ2) is 7.22. The lowest BCUT2D eigenvalue weighted by Crippen LogP contribution is -2.33.